The van der Waals surface area contributed by atoms with Crippen molar-refractivity contribution in [3.63, 3.8) is 0 Å². The summed E-state index contributed by atoms with van der Waals surface area (Å²) in [6.45, 7) is 6.65. The molecule has 0 saturated carbocycles. The number of hydrogen-bond acceptors (Lipinski definition) is 1. The molecule has 1 N–H and O–H groups in total. The van der Waals surface area contributed by atoms with Crippen molar-refractivity contribution in [3.8, 4) is 0 Å². The third kappa shape index (κ3) is 5.83. The highest BCUT2D eigenvalue weighted by Crippen LogP contribution is 2.03. The van der Waals surface area contributed by atoms with Crippen LogP contribution >= 0.6 is 0 Å². The van der Waals surface area contributed by atoms with Crippen molar-refractivity contribution in [1.82, 2.24) is 0 Å². The zero-order valence-corrected chi connectivity index (χ0v) is 7.17. The lowest BCUT2D eigenvalue weighted by Crippen LogP contribution is -1.97. The van der Waals surface area contributed by atoms with Gasteiger partial charge in [-0.15, -0.1) is 0 Å². The summed E-state index contributed by atoms with van der Waals surface area (Å²) >= 11 is 0. The van der Waals surface area contributed by atoms with Crippen LogP contribution in [0, 0.1) is 11.8 Å². The van der Waals surface area contributed by atoms with Crippen molar-refractivity contribution in [3.05, 3.63) is 12.2 Å². The van der Waals surface area contributed by atoms with E-state index in [2.05, 4.69) is 26.0 Å². The maximum atomic E-state index is 8.67. The van der Waals surface area contributed by atoms with E-state index in [4.69, 9.17) is 5.11 Å². The van der Waals surface area contributed by atoms with Gasteiger partial charge in [0.15, 0.2) is 0 Å². The molecule has 0 bridgehead atoms. The van der Waals surface area contributed by atoms with Gasteiger partial charge in [0.2, 0.25) is 0 Å². The summed E-state index contributed by atoms with van der Waals surface area (Å²) in [5.74, 6) is 1.04. The molecule has 0 aliphatic carbocycles. The van der Waals surface area contributed by atoms with E-state index in [9.17, 15) is 0 Å². The van der Waals surface area contributed by atoms with Gasteiger partial charge < -0.3 is 5.11 Å². The molecule has 0 unspecified atom stereocenters. The van der Waals surface area contributed by atoms with Crippen molar-refractivity contribution in [2.45, 2.75) is 27.2 Å². The fourth-order valence-electron chi connectivity index (χ4n) is 0.658. The molecule has 1 heteroatoms. The predicted molar refractivity (Wildman–Crippen MR) is 44.8 cm³/mol. The summed E-state index contributed by atoms with van der Waals surface area (Å²) in [6.07, 6.45) is 5.31. The molecule has 0 aliphatic rings. The lowest BCUT2D eigenvalue weighted by atomic mass is 10.1. The number of aliphatic hydroxyl groups is 1. The molecular weight excluding hydrogens is 124 g/mol. The normalized spacial score (nSPS) is 14.9. The van der Waals surface area contributed by atoms with E-state index in [1.165, 1.54) is 0 Å². The molecule has 0 spiro atoms. The molecule has 1 atom stereocenters. The molecule has 0 aromatic carbocycles. The van der Waals surface area contributed by atoms with Crippen LogP contribution in [0.3, 0.4) is 0 Å². The molecule has 0 aromatic heterocycles. The number of aliphatic hydroxyl groups excluding tert-OH is 1. The Hall–Kier alpha value is -0.300. The lowest BCUT2D eigenvalue weighted by Gasteiger charge is -2.02. The van der Waals surface area contributed by atoms with Gasteiger partial charge in [-0.05, 0) is 18.3 Å². The summed E-state index contributed by atoms with van der Waals surface area (Å²) < 4.78 is 0. The van der Waals surface area contributed by atoms with Crippen LogP contribution in [-0.2, 0) is 0 Å². The first kappa shape index (κ1) is 9.70. The monoisotopic (exact) mass is 142 g/mol. The van der Waals surface area contributed by atoms with E-state index in [0.29, 0.717) is 18.4 Å². The number of hydrogen-bond donors (Lipinski definition) is 1. The van der Waals surface area contributed by atoms with Crippen LogP contribution < -0.4 is 0 Å². The maximum Gasteiger partial charge on any atom is 0.0459 e. The molecular formula is C9H18O. The highest BCUT2D eigenvalue weighted by molar-refractivity contribution is 4.85. The van der Waals surface area contributed by atoms with Gasteiger partial charge in [-0.25, -0.2) is 0 Å². The fourth-order valence-corrected chi connectivity index (χ4v) is 0.658. The standard InChI is InChI=1S/C9H18O/c1-8(2)5-4-6-9(3)7-10/h4-5,8-10H,6-7H2,1-3H3/b5-4+/t9-/m1/s1. The zero-order chi connectivity index (χ0) is 7.98. The van der Waals surface area contributed by atoms with Crippen LogP contribution in [0.25, 0.3) is 0 Å². The smallest absolute Gasteiger partial charge is 0.0459 e. The minimum atomic E-state index is 0.294. The first-order valence-corrected chi connectivity index (χ1v) is 3.94. The summed E-state index contributed by atoms with van der Waals surface area (Å²) in [5, 5.41) is 8.67. The minimum Gasteiger partial charge on any atom is -0.396 e. The average molecular weight is 142 g/mol. The van der Waals surface area contributed by atoms with E-state index in [1.54, 1.807) is 0 Å². The second kappa shape index (κ2) is 5.48. The molecule has 1 nitrogen and oxygen atoms in total. The van der Waals surface area contributed by atoms with Crippen molar-refractivity contribution in [2.24, 2.45) is 11.8 Å². The molecule has 0 heterocycles. The van der Waals surface area contributed by atoms with Crippen LogP contribution in [0.5, 0.6) is 0 Å². The molecule has 0 radical (unpaired) electrons. The second-order valence-corrected chi connectivity index (χ2v) is 3.20. The van der Waals surface area contributed by atoms with Crippen LogP contribution in [0.15, 0.2) is 12.2 Å². The first-order chi connectivity index (χ1) is 4.66. The van der Waals surface area contributed by atoms with Crippen molar-refractivity contribution in [2.75, 3.05) is 6.61 Å². The van der Waals surface area contributed by atoms with Crippen LogP contribution in [-0.4, -0.2) is 11.7 Å². The van der Waals surface area contributed by atoms with E-state index >= 15 is 0 Å². The Kier molecular flexibility index (Phi) is 5.32. The Bertz CT molecular complexity index is 94.9. The van der Waals surface area contributed by atoms with Gasteiger partial charge in [0.25, 0.3) is 0 Å². The Morgan fingerprint density at radius 2 is 1.90 bits per heavy atom. The van der Waals surface area contributed by atoms with Crippen LogP contribution in [0.2, 0.25) is 0 Å². The largest absolute Gasteiger partial charge is 0.396 e. The third-order valence-corrected chi connectivity index (χ3v) is 1.37. The molecule has 60 valence electrons. The summed E-state index contributed by atoms with van der Waals surface area (Å²) in [5.41, 5.74) is 0. The van der Waals surface area contributed by atoms with Gasteiger partial charge in [-0.1, -0.05) is 32.9 Å². The number of allylic oxidation sites excluding steroid dienone is 2. The Morgan fingerprint density at radius 1 is 1.30 bits per heavy atom. The molecule has 0 rings (SSSR count). The minimum absolute atomic E-state index is 0.294. The van der Waals surface area contributed by atoms with Gasteiger partial charge in [0, 0.05) is 6.61 Å². The molecule has 0 fully saturated rings. The van der Waals surface area contributed by atoms with Crippen molar-refractivity contribution < 1.29 is 5.11 Å². The Morgan fingerprint density at radius 3 is 2.30 bits per heavy atom. The fraction of sp³-hybridized carbons (Fsp3) is 0.778. The summed E-state index contributed by atoms with van der Waals surface area (Å²) in [4.78, 5) is 0. The third-order valence-electron chi connectivity index (χ3n) is 1.37. The van der Waals surface area contributed by atoms with Crippen molar-refractivity contribution in [1.29, 1.82) is 0 Å². The maximum absolute atomic E-state index is 8.67. The van der Waals surface area contributed by atoms with Crippen molar-refractivity contribution >= 4 is 0 Å². The molecule has 0 aromatic rings. The lowest BCUT2D eigenvalue weighted by molar-refractivity contribution is 0.238. The van der Waals surface area contributed by atoms with Gasteiger partial charge in [-0.2, -0.15) is 0 Å². The Labute approximate surface area is 63.8 Å². The van der Waals surface area contributed by atoms with Gasteiger partial charge in [-0.3, -0.25) is 0 Å². The highest BCUT2D eigenvalue weighted by atomic mass is 16.3. The van der Waals surface area contributed by atoms with E-state index in [-0.39, 0.29) is 0 Å². The Balaban J connectivity index is 3.33. The van der Waals surface area contributed by atoms with Crippen LogP contribution in [0.4, 0.5) is 0 Å². The molecule has 0 saturated heterocycles. The molecule has 0 aliphatic heterocycles. The molecule has 10 heavy (non-hydrogen) atoms. The van der Waals surface area contributed by atoms with Gasteiger partial charge in [0.1, 0.15) is 0 Å². The topological polar surface area (TPSA) is 20.2 Å². The zero-order valence-electron chi connectivity index (χ0n) is 7.17. The van der Waals surface area contributed by atoms with E-state index in [1.807, 2.05) is 6.92 Å². The first-order valence-electron chi connectivity index (χ1n) is 3.94. The number of rotatable bonds is 4. The second-order valence-electron chi connectivity index (χ2n) is 3.20. The van der Waals surface area contributed by atoms with Gasteiger partial charge >= 0.3 is 0 Å². The summed E-state index contributed by atoms with van der Waals surface area (Å²) in [7, 11) is 0. The predicted octanol–water partition coefficient (Wildman–Crippen LogP) is 2.22. The SMILES string of the molecule is CC(C)/C=C/C[C@@H](C)CO. The molecule has 0 amide bonds. The summed E-state index contributed by atoms with van der Waals surface area (Å²) in [6, 6.07) is 0. The highest BCUT2D eigenvalue weighted by Gasteiger charge is 1.94. The van der Waals surface area contributed by atoms with E-state index < -0.39 is 0 Å². The van der Waals surface area contributed by atoms with Gasteiger partial charge in [0.05, 0.1) is 0 Å². The van der Waals surface area contributed by atoms with E-state index in [0.717, 1.165) is 6.42 Å². The average Bonchev–Trinajstić information content (AvgIpc) is 1.87. The quantitative estimate of drug-likeness (QED) is 0.597. The van der Waals surface area contributed by atoms with Crippen LogP contribution in [0.1, 0.15) is 27.2 Å².